The van der Waals surface area contributed by atoms with Crippen LogP contribution in [-0.4, -0.2) is 31.5 Å². The number of hydrogen-bond acceptors (Lipinski definition) is 5. The van der Waals surface area contributed by atoms with Gasteiger partial charge in [-0.1, -0.05) is 34.1 Å². The van der Waals surface area contributed by atoms with Gasteiger partial charge in [0.05, 0.1) is 19.4 Å². The topological polar surface area (TPSA) is 57.7 Å². The minimum Gasteiger partial charge on any atom is -0.474 e. The summed E-state index contributed by atoms with van der Waals surface area (Å²) >= 11 is 0. The summed E-state index contributed by atoms with van der Waals surface area (Å²) < 4.78 is 17.7. The molecule has 1 aliphatic carbocycles. The predicted octanol–water partition coefficient (Wildman–Crippen LogP) is 5.10. The lowest BCUT2D eigenvalue weighted by Crippen LogP contribution is -2.40. The SMILES string of the molecule is CCCC1CC1(Oc1cncc(CO[Si](C)(C)C(C)(C)C)c1)C(=O)OCC. The van der Waals surface area contributed by atoms with E-state index in [9.17, 15) is 4.79 Å². The van der Waals surface area contributed by atoms with E-state index in [-0.39, 0.29) is 16.9 Å². The minimum atomic E-state index is -1.83. The van der Waals surface area contributed by atoms with Gasteiger partial charge >= 0.3 is 5.97 Å². The number of nitrogens with zero attached hydrogens (tertiary/aromatic N) is 1. The van der Waals surface area contributed by atoms with Gasteiger partial charge in [-0.2, -0.15) is 0 Å². The lowest BCUT2D eigenvalue weighted by molar-refractivity contribution is -0.154. The summed E-state index contributed by atoms with van der Waals surface area (Å²) in [7, 11) is -1.83. The summed E-state index contributed by atoms with van der Waals surface area (Å²) in [5.41, 5.74) is 0.121. The molecular weight excluding hydrogens is 358 g/mol. The van der Waals surface area contributed by atoms with Crippen molar-refractivity contribution < 1.29 is 18.7 Å². The first-order chi connectivity index (χ1) is 12.6. The molecule has 0 amide bonds. The van der Waals surface area contributed by atoms with Gasteiger partial charge in [0.1, 0.15) is 5.75 Å². The zero-order chi connectivity index (χ0) is 20.3. The summed E-state index contributed by atoms with van der Waals surface area (Å²) in [4.78, 5) is 16.8. The summed E-state index contributed by atoms with van der Waals surface area (Å²) in [6.45, 7) is 15.9. The van der Waals surface area contributed by atoms with Crippen molar-refractivity contribution in [2.45, 2.75) is 84.2 Å². The molecule has 152 valence electrons. The van der Waals surface area contributed by atoms with Crippen LogP contribution in [0.15, 0.2) is 18.5 Å². The number of ether oxygens (including phenoxy) is 2. The van der Waals surface area contributed by atoms with Gasteiger partial charge in [-0.05, 0) is 43.1 Å². The van der Waals surface area contributed by atoms with Crippen molar-refractivity contribution in [1.82, 2.24) is 4.98 Å². The molecule has 2 atom stereocenters. The van der Waals surface area contributed by atoms with E-state index in [2.05, 4.69) is 45.8 Å². The molecule has 0 bridgehead atoms. The summed E-state index contributed by atoms with van der Waals surface area (Å²) in [6.07, 6.45) is 6.16. The first kappa shape index (κ1) is 21.9. The van der Waals surface area contributed by atoms with Gasteiger partial charge in [-0.25, -0.2) is 4.79 Å². The Morgan fingerprint density at radius 2 is 2.00 bits per heavy atom. The highest BCUT2D eigenvalue weighted by atomic mass is 28.4. The van der Waals surface area contributed by atoms with Crippen LogP contribution in [0.3, 0.4) is 0 Å². The van der Waals surface area contributed by atoms with Gasteiger partial charge in [0.15, 0.2) is 8.32 Å². The Balaban J connectivity index is 2.09. The van der Waals surface area contributed by atoms with E-state index in [1.807, 2.05) is 13.0 Å². The fourth-order valence-electron chi connectivity index (χ4n) is 2.95. The lowest BCUT2D eigenvalue weighted by Gasteiger charge is -2.36. The van der Waals surface area contributed by atoms with Crippen molar-refractivity contribution in [2.24, 2.45) is 5.92 Å². The minimum absolute atomic E-state index is 0.157. The molecule has 0 radical (unpaired) electrons. The molecule has 1 aromatic heterocycles. The van der Waals surface area contributed by atoms with Crippen molar-refractivity contribution in [3.05, 3.63) is 24.0 Å². The molecule has 1 aromatic rings. The average molecular weight is 394 g/mol. The van der Waals surface area contributed by atoms with E-state index in [1.165, 1.54) is 0 Å². The molecule has 0 aromatic carbocycles. The molecule has 2 unspecified atom stereocenters. The number of rotatable bonds is 9. The monoisotopic (exact) mass is 393 g/mol. The van der Waals surface area contributed by atoms with Gasteiger partial charge in [0.2, 0.25) is 5.60 Å². The first-order valence-corrected chi connectivity index (χ1v) is 12.9. The predicted molar refractivity (Wildman–Crippen MR) is 109 cm³/mol. The van der Waals surface area contributed by atoms with Crippen molar-refractivity contribution in [2.75, 3.05) is 6.61 Å². The van der Waals surface area contributed by atoms with Crippen molar-refractivity contribution >= 4 is 14.3 Å². The third kappa shape index (κ3) is 5.11. The van der Waals surface area contributed by atoms with Crippen LogP contribution >= 0.6 is 0 Å². The average Bonchev–Trinajstić information content (AvgIpc) is 3.27. The first-order valence-electron chi connectivity index (χ1n) is 10.00. The number of esters is 1. The molecule has 0 N–H and O–H groups in total. The fraction of sp³-hybridized carbons (Fsp3) is 0.714. The zero-order valence-electron chi connectivity index (χ0n) is 17.9. The highest BCUT2D eigenvalue weighted by molar-refractivity contribution is 6.74. The highest BCUT2D eigenvalue weighted by Gasteiger charge is 2.63. The number of aromatic nitrogens is 1. The maximum Gasteiger partial charge on any atom is 0.350 e. The third-order valence-electron chi connectivity index (χ3n) is 5.78. The van der Waals surface area contributed by atoms with Crippen LogP contribution in [0, 0.1) is 5.92 Å². The van der Waals surface area contributed by atoms with Crippen LogP contribution in [0.1, 0.15) is 59.4 Å². The Bertz CT molecular complexity index is 656. The number of carbonyl (C=O) groups excluding carboxylic acids is 1. The normalized spacial score (nSPS) is 22.4. The van der Waals surface area contributed by atoms with Gasteiger partial charge in [-0.3, -0.25) is 4.98 Å². The fourth-order valence-corrected chi connectivity index (χ4v) is 3.91. The van der Waals surface area contributed by atoms with Crippen molar-refractivity contribution in [3.8, 4) is 5.75 Å². The van der Waals surface area contributed by atoms with Crippen molar-refractivity contribution in [1.29, 1.82) is 0 Å². The summed E-state index contributed by atoms with van der Waals surface area (Å²) in [6, 6.07) is 1.93. The van der Waals surface area contributed by atoms with Crippen LogP contribution in [0.25, 0.3) is 0 Å². The van der Waals surface area contributed by atoms with Gasteiger partial charge < -0.3 is 13.9 Å². The second-order valence-corrected chi connectivity index (χ2v) is 13.8. The second kappa shape index (κ2) is 8.31. The molecule has 1 saturated carbocycles. The molecule has 5 nitrogen and oxygen atoms in total. The maximum atomic E-state index is 12.5. The standard InChI is InChI=1S/C21H35NO4Si/c1-8-10-17-12-21(17,19(23)24-9-2)26-18-11-16(13-22-14-18)15-25-27(6,7)20(3,4)5/h11,13-14,17H,8-10,12,15H2,1-7H3. The number of pyridine rings is 1. The Hall–Kier alpha value is -1.40. The number of carbonyl (C=O) groups is 1. The van der Waals surface area contributed by atoms with E-state index >= 15 is 0 Å². The van der Waals surface area contributed by atoms with E-state index < -0.39 is 13.9 Å². The largest absolute Gasteiger partial charge is 0.474 e. The molecule has 1 fully saturated rings. The highest BCUT2D eigenvalue weighted by Crippen LogP contribution is 2.50. The van der Waals surface area contributed by atoms with E-state index in [1.54, 1.807) is 12.4 Å². The van der Waals surface area contributed by atoms with Crippen LogP contribution < -0.4 is 4.74 Å². The quantitative estimate of drug-likeness (QED) is 0.431. The van der Waals surface area contributed by atoms with Gasteiger partial charge in [-0.15, -0.1) is 0 Å². The zero-order valence-corrected chi connectivity index (χ0v) is 18.9. The molecule has 0 spiro atoms. The van der Waals surface area contributed by atoms with Crippen LogP contribution in [0.2, 0.25) is 18.1 Å². The van der Waals surface area contributed by atoms with E-state index in [4.69, 9.17) is 13.9 Å². The Morgan fingerprint density at radius 3 is 2.59 bits per heavy atom. The molecule has 2 rings (SSSR count). The summed E-state index contributed by atoms with van der Waals surface area (Å²) in [5.74, 6) is 0.568. The molecule has 1 heterocycles. The molecular formula is C21H35NO4Si. The second-order valence-electron chi connectivity index (χ2n) is 8.98. The van der Waals surface area contributed by atoms with Crippen LogP contribution in [0.5, 0.6) is 5.75 Å². The molecule has 0 saturated heterocycles. The molecule has 1 aliphatic rings. The van der Waals surface area contributed by atoms with Gasteiger partial charge in [0.25, 0.3) is 0 Å². The van der Waals surface area contributed by atoms with Crippen molar-refractivity contribution in [3.63, 3.8) is 0 Å². The lowest BCUT2D eigenvalue weighted by atomic mass is 10.1. The van der Waals surface area contributed by atoms with Crippen LogP contribution in [0.4, 0.5) is 0 Å². The third-order valence-corrected chi connectivity index (χ3v) is 10.3. The van der Waals surface area contributed by atoms with E-state index in [0.29, 0.717) is 25.4 Å². The Labute approximate surface area is 164 Å². The molecule has 0 aliphatic heterocycles. The number of hydrogen-bond donors (Lipinski definition) is 0. The maximum absolute atomic E-state index is 12.5. The smallest absolute Gasteiger partial charge is 0.350 e. The van der Waals surface area contributed by atoms with Gasteiger partial charge in [0, 0.05) is 18.5 Å². The molecule has 27 heavy (non-hydrogen) atoms. The summed E-state index contributed by atoms with van der Waals surface area (Å²) in [5, 5.41) is 0.157. The Kier molecular flexibility index (Phi) is 6.74. The van der Waals surface area contributed by atoms with Crippen LogP contribution in [-0.2, 0) is 20.6 Å². The van der Waals surface area contributed by atoms with E-state index in [0.717, 1.165) is 18.4 Å². The molecule has 6 heteroatoms. The Morgan fingerprint density at radius 1 is 1.30 bits per heavy atom.